The molecule has 0 aliphatic carbocycles. The van der Waals surface area contributed by atoms with Crippen LogP contribution < -0.4 is 20.1 Å². The Balaban J connectivity index is 2.08. The number of alkyl halides is 3. The molecular weight excluding hydrogens is 373 g/mol. The molecule has 0 fully saturated rings. The Labute approximate surface area is 153 Å². The standard InChI is InChI=1S/C17H16ClF3N2O3/c1-25-11-4-6-15(26-2)14(8-11)22-9-16(24)23-13-7-10(17(19,20)21)3-5-12(13)18/h3-8,22H,9H2,1-2H3,(H,23,24). The van der Waals surface area contributed by atoms with Crippen LogP contribution in [0.1, 0.15) is 5.56 Å². The Morgan fingerprint density at radius 2 is 1.81 bits per heavy atom. The summed E-state index contributed by atoms with van der Waals surface area (Å²) in [4.78, 5) is 12.1. The predicted molar refractivity (Wildman–Crippen MR) is 93.1 cm³/mol. The lowest BCUT2D eigenvalue weighted by molar-refractivity contribution is -0.137. The quantitative estimate of drug-likeness (QED) is 0.768. The fourth-order valence-electron chi connectivity index (χ4n) is 2.12. The molecule has 5 nitrogen and oxygen atoms in total. The second-order valence-electron chi connectivity index (χ2n) is 5.16. The van der Waals surface area contributed by atoms with Crippen LogP contribution in [0.5, 0.6) is 11.5 Å². The first-order chi connectivity index (χ1) is 12.2. The van der Waals surface area contributed by atoms with Crippen LogP contribution in [0.4, 0.5) is 24.5 Å². The van der Waals surface area contributed by atoms with Gasteiger partial charge in [0.15, 0.2) is 0 Å². The van der Waals surface area contributed by atoms with Crippen LogP contribution in [0.25, 0.3) is 0 Å². The minimum atomic E-state index is -4.53. The van der Waals surface area contributed by atoms with Gasteiger partial charge in [-0.1, -0.05) is 11.6 Å². The van der Waals surface area contributed by atoms with Gasteiger partial charge in [-0.2, -0.15) is 13.2 Å². The Morgan fingerprint density at radius 3 is 2.42 bits per heavy atom. The summed E-state index contributed by atoms with van der Waals surface area (Å²) in [7, 11) is 2.96. The maximum atomic E-state index is 12.8. The highest BCUT2D eigenvalue weighted by Gasteiger charge is 2.31. The van der Waals surface area contributed by atoms with Gasteiger partial charge in [0.25, 0.3) is 0 Å². The number of hydrogen-bond donors (Lipinski definition) is 2. The number of rotatable bonds is 6. The molecule has 0 bridgehead atoms. The van der Waals surface area contributed by atoms with E-state index in [0.29, 0.717) is 17.2 Å². The van der Waals surface area contributed by atoms with Gasteiger partial charge in [0.2, 0.25) is 5.91 Å². The monoisotopic (exact) mass is 388 g/mol. The zero-order chi connectivity index (χ0) is 19.3. The highest BCUT2D eigenvalue weighted by Crippen LogP contribution is 2.34. The van der Waals surface area contributed by atoms with Gasteiger partial charge in [-0.05, 0) is 30.3 Å². The van der Waals surface area contributed by atoms with Gasteiger partial charge in [-0.15, -0.1) is 0 Å². The number of carbonyl (C=O) groups excluding carboxylic acids is 1. The number of ether oxygens (including phenoxy) is 2. The molecule has 0 radical (unpaired) electrons. The maximum Gasteiger partial charge on any atom is 0.416 e. The third kappa shape index (κ3) is 4.95. The van der Waals surface area contributed by atoms with Crippen molar-refractivity contribution in [2.75, 3.05) is 31.4 Å². The Hall–Kier alpha value is -2.61. The molecule has 140 valence electrons. The average Bonchev–Trinajstić information content (AvgIpc) is 2.60. The number of nitrogens with one attached hydrogen (secondary N) is 2. The topological polar surface area (TPSA) is 59.6 Å². The second-order valence-corrected chi connectivity index (χ2v) is 5.57. The molecule has 0 spiro atoms. The fourth-order valence-corrected chi connectivity index (χ4v) is 2.28. The highest BCUT2D eigenvalue weighted by molar-refractivity contribution is 6.33. The van der Waals surface area contributed by atoms with Crippen molar-refractivity contribution in [2.45, 2.75) is 6.18 Å². The van der Waals surface area contributed by atoms with Crippen LogP contribution in [-0.2, 0) is 11.0 Å². The van der Waals surface area contributed by atoms with Crippen molar-refractivity contribution in [3.05, 3.63) is 47.0 Å². The Morgan fingerprint density at radius 1 is 1.08 bits per heavy atom. The lowest BCUT2D eigenvalue weighted by Crippen LogP contribution is -2.22. The molecule has 0 saturated carbocycles. The van der Waals surface area contributed by atoms with Crippen molar-refractivity contribution in [1.29, 1.82) is 0 Å². The van der Waals surface area contributed by atoms with Gasteiger partial charge < -0.3 is 20.1 Å². The van der Waals surface area contributed by atoms with Crippen LogP contribution in [0.2, 0.25) is 5.02 Å². The molecule has 0 aliphatic rings. The summed E-state index contributed by atoms with van der Waals surface area (Å²) in [5.74, 6) is 0.460. The van der Waals surface area contributed by atoms with E-state index in [9.17, 15) is 18.0 Å². The molecule has 2 aromatic rings. The molecule has 2 rings (SSSR count). The highest BCUT2D eigenvalue weighted by atomic mass is 35.5. The maximum absolute atomic E-state index is 12.8. The van der Waals surface area contributed by atoms with Crippen molar-refractivity contribution in [2.24, 2.45) is 0 Å². The van der Waals surface area contributed by atoms with Gasteiger partial charge in [0, 0.05) is 6.07 Å². The molecule has 0 aromatic heterocycles. The van der Waals surface area contributed by atoms with Crippen molar-refractivity contribution in [3.8, 4) is 11.5 Å². The molecule has 9 heteroatoms. The van der Waals surface area contributed by atoms with Gasteiger partial charge >= 0.3 is 6.18 Å². The summed E-state index contributed by atoms with van der Waals surface area (Å²) in [5.41, 5.74) is -0.525. The SMILES string of the molecule is COc1ccc(OC)c(NCC(=O)Nc2cc(C(F)(F)F)ccc2Cl)c1. The third-order valence-electron chi connectivity index (χ3n) is 3.41. The molecular formula is C17H16ClF3N2O3. The Kier molecular flexibility index (Phi) is 6.20. The second kappa shape index (κ2) is 8.18. The van der Waals surface area contributed by atoms with E-state index < -0.39 is 17.6 Å². The van der Waals surface area contributed by atoms with Crippen LogP contribution >= 0.6 is 11.6 Å². The molecule has 0 saturated heterocycles. The molecule has 2 aromatic carbocycles. The summed E-state index contributed by atoms with van der Waals surface area (Å²) in [5, 5.41) is 5.20. The van der Waals surface area contributed by atoms with Gasteiger partial charge in [0.05, 0.1) is 42.7 Å². The lowest BCUT2D eigenvalue weighted by atomic mass is 10.2. The first kappa shape index (κ1) is 19.7. The minimum Gasteiger partial charge on any atom is -0.497 e. The zero-order valence-electron chi connectivity index (χ0n) is 13.9. The van der Waals surface area contributed by atoms with Gasteiger partial charge in [-0.3, -0.25) is 4.79 Å². The van der Waals surface area contributed by atoms with E-state index in [2.05, 4.69) is 10.6 Å². The number of carbonyl (C=O) groups is 1. The van der Waals surface area contributed by atoms with E-state index in [0.717, 1.165) is 18.2 Å². The number of amides is 1. The predicted octanol–water partition coefficient (Wildman–Crippen LogP) is 4.43. The molecule has 0 heterocycles. The molecule has 26 heavy (non-hydrogen) atoms. The molecule has 1 amide bonds. The van der Waals surface area contributed by atoms with E-state index in [4.69, 9.17) is 21.1 Å². The number of anilines is 2. The van der Waals surface area contributed by atoms with Crippen molar-refractivity contribution >= 4 is 28.9 Å². The van der Waals surface area contributed by atoms with E-state index in [-0.39, 0.29) is 17.3 Å². The van der Waals surface area contributed by atoms with E-state index in [1.54, 1.807) is 18.2 Å². The number of hydrogen-bond acceptors (Lipinski definition) is 4. The third-order valence-corrected chi connectivity index (χ3v) is 3.74. The van der Waals surface area contributed by atoms with Crippen LogP contribution in [0, 0.1) is 0 Å². The zero-order valence-corrected chi connectivity index (χ0v) is 14.7. The fraction of sp³-hybridized carbons (Fsp3) is 0.235. The smallest absolute Gasteiger partial charge is 0.416 e. The molecule has 0 aliphatic heterocycles. The number of methoxy groups -OCH3 is 2. The van der Waals surface area contributed by atoms with Gasteiger partial charge in [0.1, 0.15) is 11.5 Å². The minimum absolute atomic E-state index is 0.00492. The van der Waals surface area contributed by atoms with Crippen LogP contribution in [0.3, 0.4) is 0 Å². The van der Waals surface area contributed by atoms with Crippen LogP contribution in [0.15, 0.2) is 36.4 Å². The first-order valence-electron chi connectivity index (χ1n) is 7.37. The van der Waals surface area contributed by atoms with Crippen LogP contribution in [-0.4, -0.2) is 26.7 Å². The van der Waals surface area contributed by atoms with E-state index in [1.807, 2.05) is 0 Å². The first-order valence-corrected chi connectivity index (χ1v) is 7.75. The van der Waals surface area contributed by atoms with Crippen molar-refractivity contribution in [3.63, 3.8) is 0 Å². The normalized spacial score (nSPS) is 11.0. The summed E-state index contributed by atoms with van der Waals surface area (Å²) in [6.45, 7) is -0.212. The summed E-state index contributed by atoms with van der Waals surface area (Å²) in [6.07, 6.45) is -4.53. The van der Waals surface area contributed by atoms with Gasteiger partial charge in [-0.25, -0.2) is 0 Å². The average molecular weight is 389 g/mol. The number of benzene rings is 2. The van der Waals surface area contributed by atoms with E-state index >= 15 is 0 Å². The summed E-state index contributed by atoms with van der Waals surface area (Å²) in [6, 6.07) is 7.68. The Bertz CT molecular complexity index is 797. The van der Waals surface area contributed by atoms with E-state index in [1.165, 1.54) is 14.2 Å². The van der Waals surface area contributed by atoms with Crippen molar-refractivity contribution in [1.82, 2.24) is 0 Å². The number of halogens is 4. The molecule has 0 atom stereocenters. The lowest BCUT2D eigenvalue weighted by Gasteiger charge is -2.14. The molecule has 2 N–H and O–H groups in total. The summed E-state index contributed by atoms with van der Waals surface area (Å²) >= 11 is 5.86. The largest absolute Gasteiger partial charge is 0.497 e. The summed E-state index contributed by atoms with van der Waals surface area (Å²) < 4.78 is 48.6. The molecule has 0 unspecified atom stereocenters. The van der Waals surface area contributed by atoms with Crippen molar-refractivity contribution < 1.29 is 27.4 Å².